The fraction of sp³-hybridized carbons (Fsp3) is 0.533. The second-order valence-corrected chi connectivity index (χ2v) is 12.0. The lowest BCUT2D eigenvalue weighted by Crippen LogP contribution is -2.22. The predicted molar refractivity (Wildman–Crippen MR) is 87.6 cm³/mol. The van der Waals surface area contributed by atoms with Gasteiger partial charge in [0.25, 0.3) is 0 Å². The number of fused-ring (bicyclic) bond motifs is 1. The van der Waals surface area contributed by atoms with Crippen LogP contribution in [0.5, 0.6) is 0 Å². The molecule has 0 aliphatic heterocycles. The normalized spacial score (nSPS) is 11.8. The zero-order chi connectivity index (χ0) is 16.2. The van der Waals surface area contributed by atoms with Crippen molar-refractivity contribution in [3.63, 3.8) is 0 Å². The van der Waals surface area contributed by atoms with Gasteiger partial charge in [0.05, 0.1) is 17.7 Å². The second-order valence-electron chi connectivity index (χ2n) is 6.36. The summed E-state index contributed by atoms with van der Waals surface area (Å²) in [6.45, 7) is 10.2. The first-order valence-corrected chi connectivity index (χ1v) is 11.2. The van der Waals surface area contributed by atoms with Crippen molar-refractivity contribution >= 4 is 25.1 Å². The van der Waals surface area contributed by atoms with Gasteiger partial charge in [0.15, 0.2) is 0 Å². The van der Waals surface area contributed by atoms with E-state index in [9.17, 15) is 4.79 Å². The average molecular weight is 321 g/mol. The maximum Gasteiger partial charge on any atom is 0.338 e. The van der Waals surface area contributed by atoms with E-state index in [2.05, 4.69) is 30.0 Å². The maximum atomic E-state index is 11.7. The lowest BCUT2D eigenvalue weighted by atomic mass is 10.2. The van der Waals surface area contributed by atoms with Gasteiger partial charge < -0.3 is 9.47 Å². The molecule has 0 atom stereocenters. The SMILES string of the molecule is CCOC(=O)c1ccc2c(c1)nnn2COCC[Si](C)(C)C. The van der Waals surface area contributed by atoms with E-state index in [1.165, 1.54) is 0 Å². The van der Waals surface area contributed by atoms with Crippen LogP contribution in [0.2, 0.25) is 25.7 Å². The van der Waals surface area contributed by atoms with Crippen LogP contribution in [0.4, 0.5) is 0 Å². The van der Waals surface area contributed by atoms with E-state index in [4.69, 9.17) is 9.47 Å². The zero-order valence-corrected chi connectivity index (χ0v) is 14.6. The molecule has 0 aliphatic rings. The monoisotopic (exact) mass is 321 g/mol. The van der Waals surface area contributed by atoms with Crippen molar-refractivity contribution in [3.05, 3.63) is 23.8 Å². The van der Waals surface area contributed by atoms with Gasteiger partial charge in [-0.2, -0.15) is 0 Å². The molecule has 2 rings (SSSR count). The summed E-state index contributed by atoms with van der Waals surface area (Å²) in [5.41, 5.74) is 2.00. The van der Waals surface area contributed by atoms with Crippen LogP contribution in [0.15, 0.2) is 18.2 Å². The highest BCUT2D eigenvalue weighted by atomic mass is 28.3. The molecule has 120 valence electrons. The summed E-state index contributed by atoms with van der Waals surface area (Å²) in [6, 6.07) is 6.36. The molecule has 7 heteroatoms. The number of benzene rings is 1. The highest BCUT2D eigenvalue weighted by molar-refractivity contribution is 6.76. The fourth-order valence-electron chi connectivity index (χ4n) is 1.94. The van der Waals surface area contributed by atoms with Crippen molar-refractivity contribution in [2.24, 2.45) is 0 Å². The quantitative estimate of drug-likeness (QED) is 0.445. The largest absolute Gasteiger partial charge is 0.462 e. The van der Waals surface area contributed by atoms with Crippen LogP contribution < -0.4 is 0 Å². The van der Waals surface area contributed by atoms with E-state index in [1.807, 2.05) is 6.07 Å². The van der Waals surface area contributed by atoms with E-state index < -0.39 is 8.07 Å². The topological polar surface area (TPSA) is 66.2 Å². The molecule has 0 radical (unpaired) electrons. The molecular formula is C15H23N3O3Si. The Morgan fingerprint density at radius 3 is 2.77 bits per heavy atom. The van der Waals surface area contributed by atoms with Gasteiger partial charge in [0.1, 0.15) is 12.2 Å². The molecule has 6 nitrogen and oxygen atoms in total. The van der Waals surface area contributed by atoms with Gasteiger partial charge in [-0.05, 0) is 31.2 Å². The molecule has 0 N–H and O–H groups in total. The summed E-state index contributed by atoms with van der Waals surface area (Å²) < 4.78 is 12.4. The van der Waals surface area contributed by atoms with Crippen molar-refractivity contribution in [2.75, 3.05) is 13.2 Å². The molecule has 1 aromatic heterocycles. The van der Waals surface area contributed by atoms with E-state index in [1.54, 1.807) is 23.7 Å². The summed E-state index contributed by atoms with van der Waals surface area (Å²) in [5.74, 6) is -0.342. The van der Waals surface area contributed by atoms with Crippen molar-refractivity contribution in [1.29, 1.82) is 0 Å². The first-order chi connectivity index (χ1) is 10.4. The number of carbonyl (C=O) groups excluding carboxylic acids is 1. The molecular weight excluding hydrogens is 298 g/mol. The van der Waals surface area contributed by atoms with Crippen molar-refractivity contribution in [3.8, 4) is 0 Å². The van der Waals surface area contributed by atoms with Gasteiger partial charge in [0, 0.05) is 14.7 Å². The molecule has 0 spiro atoms. The van der Waals surface area contributed by atoms with Gasteiger partial charge >= 0.3 is 5.97 Å². The number of ether oxygens (including phenoxy) is 2. The Bertz CT molecular complexity index is 649. The van der Waals surface area contributed by atoms with Crippen LogP contribution in [0.3, 0.4) is 0 Å². The minimum Gasteiger partial charge on any atom is -0.462 e. The van der Waals surface area contributed by atoms with Crippen molar-refractivity contribution < 1.29 is 14.3 Å². The summed E-state index contributed by atoms with van der Waals surface area (Å²) >= 11 is 0. The van der Waals surface area contributed by atoms with Gasteiger partial charge in [0.2, 0.25) is 0 Å². The number of hydrogen-bond donors (Lipinski definition) is 0. The molecule has 22 heavy (non-hydrogen) atoms. The molecule has 0 bridgehead atoms. The van der Waals surface area contributed by atoms with Gasteiger partial charge in [-0.15, -0.1) is 5.10 Å². The van der Waals surface area contributed by atoms with Crippen LogP contribution in [0, 0.1) is 0 Å². The average Bonchev–Trinajstić information content (AvgIpc) is 2.85. The van der Waals surface area contributed by atoms with Crippen LogP contribution in [0.25, 0.3) is 11.0 Å². The lowest BCUT2D eigenvalue weighted by Gasteiger charge is -2.15. The Kier molecular flexibility index (Phi) is 5.31. The molecule has 0 aliphatic carbocycles. The highest BCUT2D eigenvalue weighted by Gasteiger charge is 2.13. The Hall–Kier alpha value is -1.73. The fourth-order valence-corrected chi connectivity index (χ4v) is 2.69. The van der Waals surface area contributed by atoms with Gasteiger partial charge in [-0.25, -0.2) is 9.48 Å². The molecule has 0 unspecified atom stereocenters. The van der Waals surface area contributed by atoms with Crippen LogP contribution in [-0.2, 0) is 16.2 Å². The molecule has 0 saturated heterocycles. The van der Waals surface area contributed by atoms with Crippen LogP contribution in [-0.4, -0.2) is 42.3 Å². The summed E-state index contributed by atoms with van der Waals surface area (Å²) in [4.78, 5) is 11.7. The Balaban J connectivity index is 2.02. The number of esters is 1. The zero-order valence-electron chi connectivity index (χ0n) is 13.6. The molecule has 1 aromatic carbocycles. The van der Waals surface area contributed by atoms with Gasteiger partial charge in [-0.1, -0.05) is 24.9 Å². The first kappa shape index (κ1) is 16.6. The Morgan fingerprint density at radius 2 is 2.09 bits per heavy atom. The molecule has 0 fully saturated rings. The smallest absolute Gasteiger partial charge is 0.338 e. The van der Waals surface area contributed by atoms with Crippen LogP contribution in [0.1, 0.15) is 17.3 Å². The van der Waals surface area contributed by atoms with Crippen LogP contribution >= 0.6 is 0 Å². The number of nitrogens with zero attached hydrogens (tertiary/aromatic N) is 3. The number of aromatic nitrogens is 3. The summed E-state index contributed by atoms with van der Waals surface area (Å²) in [5, 5.41) is 8.16. The highest BCUT2D eigenvalue weighted by Crippen LogP contribution is 2.15. The van der Waals surface area contributed by atoms with E-state index in [0.717, 1.165) is 18.2 Å². The number of carbonyl (C=O) groups is 1. The number of hydrogen-bond acceptors (Lipinski definition) is 5. The van der Waals surface area contributed by atoms with E-state index in [0.29, 0.717) is 24.4 Å². The third-order valence-electron chi connectivity index (χ3n) is 3.24. The van der Waals surface area contributed by atoms with E-state index in [-0.39, 0.29) is 5.97 Å². The standard InChI is InChI=1S/C15H23N3O3Si/c1-5-21-15(19)12-6-7-14-13(10-12)16-17-18(14)11-20-8-9-22(2,3)4/h6-7,10H,5,8-9,11H2,1-4H3. The molecule has 1 heterocycles. The lowest BCUT2D eigenvalue weighted by molar-refractivity contribution is 0.0526. The second kappa shape index (κ2) is 7.02. The van der Waals surface area contributed by atoms with Crippen molar-refractivity contribution in [2.45, 2.75) is 39.3 Å². The molecule has 0 saturated carbocycles. The minimum atomic E-state index is -1.08. The minimum absolute atomic E-state index is 0.342. The Labute approximate surface area is 131 Å². The predicted octanol–water partition coefficient (Wildman–Crippen LogP) is 2.92. The Morgan fingerprint density at radius 1 is 1.32 bits per heavy atom. The third kappa shape index (κ3) is 4.38. The molecule has 0 amide bonds. The number of rotatable bonds is 7. The first-order valence-electron chi connectivity index (χ1n) is 7.49. The molecule has 2 aromatic rings. The van der Waals surface area contributed by atoms with Crippen molar-refractivity contribution in [1.82, 2.24) is 15.0 Å². The summed E-state index contributed by atoms with van der Waals surface area (Å²) in [6.07, 6.45) is 0. The summed E-state index contributed by atoms with van der Waals surface area (Å²) in [7, 11) is -1.08. The van der Waals surface area contributed by atoms with Gasteiger partial charge in [-0.3, -0.25) is 0 Å². The van der Waals surface area contributed by atoms with E-state index >= 15 is 0 Å². The third-order valence-corrected chi connectivity index (χ3v) is 4.94. The maximum absolute atomic E-state index is 11.7.